The van der Waals surface area contributed by atoms with Crippen LogP contribution in [0.2, 0.25) is 0 Å². The third-order valence-corrected chi connectivity index (χ3v) is 0.537. The SMILES string of the molecule is [K+].[O-]c1cncnc1. The van der Waals surface area contributed by atoms with E-state index in [1.165, 1.54) is 18.7 Å². The Morgan fingerprint density at radius 1 is 1.25 bits per heavy atom. The van der Waals surface area contributed by atoms with Gasteiger partial charge in [0.2, 0.25) is 0 Å². The third-order valence-electron chi connectivity index (χ3n) is 0.537. The van der Waals surface area contributed by atoms with Gasteiger partial charge in [-0.25, -0.2) is 9.97 Å². The van der Waals surface area contributed by atoms with Crippen molar-refractivity contribution >= 4 is 0 Å². The van der Waals surface area contributed by atoms with E-state index in [0.717, 1.165) is 0 Å². The van der Waals surface area contributed by atoms with Crippen LogP contribution in [0.25, 0.3) is 0 Å². The van der Waals surface area contributed by atoms with Crippen LogP contribution in [0.1, 0.15) is 0 Å². The molecule has 0 aliphatic rings. The normalized spacial score (nSPS) is 7.50. The fourth-order valence-electron chi connectivity index (χ4n) is 0.285. The van der Waals surface area contributed by atoms with E-state index in [4.69, 9.17) is 0 Å². The first-order valence-electron chi connectivity index (χ1n) is 1.81. The molecule has 0 radical (unpaired) electrons. The molecule has 3 nitrogen and oxygen atoms in total. The van der Waals surface area contributed by atoms with Crippen molar-refractivity contribution in [3.8, 4) is 5.75 Å². The van der Waals surface area contributed by atoms with Crippen LogP contribution in [0.5, 0.6) is 5.75 Å². The molecule has 0 atom stereocenters. The van der Waals surface area contributed by atoms with Gasteiger partial charge in [0.25, 0.3) is 0 Å². The summed E-state index contributed by atoms with van der Waals surface area (Å²) in [4.78, 5) is 6.92. The molecule has 0 aromatic carbocycles. The predicted octanol–water partition coefficient (Wildman–Crippen LogP) is -3.45. The number of nitrogens with zero attached hydrogens (tertiary/aromatic N) is 2. The Balaban J connectivity index is 0.000000490. The number of aromatic nitrogens is 2. The van der Waals surface area contributed by atoms with Gasteiger partial charge >= 0.3 is 51.4 Å². The van der Waals surface area contributed by atoms with Crippen LogP contribution in [0, 0.1) is 0 Å². The molecule has 0 aliphatic heterocycles. The van der Waals surface area contributed by atoms with Crippen LogP contribution in [-0.4, -0.2) is 9.97 Å². The Kier molecular flexibility index (Phi) is 4.68. The largest absolute Gasteiger partial charge is 1.00 e. The number of rotatable bonds is 0. The molecule has 4 heteroatoms. The summed E-state index contributed by atoms with van der Waals surface area (Å²) in [6.07, 6.45) is 3.75. The summed E-state index contributed by atoms with van der Waals surface area (Å²) in [6, 6.07) is 0. The molecule has 0 amide bonds. The van der Waals surface area contributed by atoms with Gasteiger partial charge in [0.1, 0.15) is 6.33 Å². The van der Waals surface area contributed by atoms with E-state index in [1.807, 2.05) is 0 Å². The van der Waals surface area contributed by atoms with Crippen LogP contribution in [-0.2, 0) is 0 Å². The monoisotopic (exact) mass is 134 g/mol. The van der Waals surface area contributed by atoms with Crippen LogP contribution < -0.4 is 56.5 Å². The Hall–Kier alpha value is 0.516. The quantitative estimate of drug-likeness (QED) is 0.347. The maximum Gasteiger partial charge on any atom is 1.00 e. The molecule has 0 spiro atoms. The van der Waals surface area contributed by atoms with Crippen molar-refractivity contribution in [2.45, 2.75) is 0 Å². The molecule has 0 fully saturated rings. The molecule has 0 aliphatic carbocycles. The second kappa shape index (κ2) is 4.40. The molecule has 1 rings (SSSR count). The van der Waals surface area contributed by atoms with E-state index in [2.05, 4.69) is 9.97 Å². The summed E-state index contributed by atoms with van der Waals surface area (Å²) < 4.78 is 0. The van der Waals surface area contributed by atoms with Crippen molar-refractivity contribution < 1.29 is 56.5 Å². The van der Waals surface area contributed by atoms with Gasteiger partial charge < -0.3 is 5.11 Å². The molecule has 36 valence electrons. The average molecular weight is 134 g/mol. The van der Waals surface area contributed by atoms with Gasteiger partial charge in [-0.2, -0.15) is 0 Å². The topological polar surface area (TPSA) is 48.8 Å². The Morgan fingerprint density at radius 2 is 1.75 bits per heavy atom. The summed E-state index contributed by atoms with van der Waals surface area (Å²) in [5.74, 6) is -0.150. The molecule has 1 aromatic rings. The molecule has 0 saturated heterocycles. The van der Waals surface area contributed by atoms with Gasteiger partial charge in [0.05, 0.1) is 0 Å². The van der Waals surface area contributed by atoms with Gasteiger partial charge in [0.15, 0.2) is 0 Å². The van der Waals surface area contributed by atoms with Crippen LogP contribution in [0.15, 0.2) is 18.7 Å². The molecular weight excluding hydrogens is 131 g/mol. The summed E-state index contributed by atoms with van der Waals surface area (Å²) in [5, 5.41) is 10.1. The van der Waals surface area contributed by atoms with Crippen LogP contribution in [0.4, 0.5) is 0 Å². The number of hydrogen-bond donors (Lipinski definition) is 0. The van der Waals surface area contributed by atoms with Crippen molar-refractivity contribution in [3.05, 3.63) is 18.7 Å². The van der Waals surface area contributed by atoms with Crippen molar-refractivity contribution in [2.24, 2.45) is 0 Å². The zero-order valence-electron chi connectivity index (χ0n) is 4.53. The maximum atomic E-state index is 10.1. The minimum absolute atomic E-state index is 0. The second-order valence-corrected chi connectivity index (χ2v) is 1.07. The van der Waals surface area contributed by atoms with Gasteiger partial charge in [-0.1, -0.05) is 5.75 Å². The van der Waals surface area contributed by atoms with Crippen LogP contribution in [0.3, 0.4) is 0 Å². The second-order valence-electron chi connectivity index (χ2n) is 1.07. The predicted molar refractivity (Wildman–Crippen MR) is 21.5 cm³/mol. The Morgan fingerprint density at radius 3 is 2.00 bits per heavy atom. The molecular formula is C4H3KN2O. The van der Waals surface area contributed by atoms with E-state index >= 15 is 0 Å². The minimum Gasteiger partial charge on any atom is -0.870 e. The van der Waals surface area contributed by atoms with Crippen LogP contribution >= 0.6 is 0 Å². The standard InChI is InChI=1S/C4H4N2O.K/c7-4-1-5-3-6-2-4;/h1-3,7H;/q;+1/p-1. The molecule has 1 heterocycles. The first-order valence-corrected chi connectivity index (χ1v) is 1.81. The summed E-state index contributed by atoms with van der Waals surface area (Å²) in [5.41, 5.74) is 0. The van der Waals surface area contributed by atoms with Crippen molar-refractivity contribution in [1.82, 2.24) is 9.97 Å². The smallest absolute Gasteiger partial charge is 0.870 e. The molecule has 1 aromatic heterocycles. The van der Waals surface area contributed by atoms with E-state index in [0.29, 0.717) is 0 Å². The minimum atomic E-state index is -0.150. The van der Waals surface area contributed by atoms with Gasteiger partial charge in [-0.05, 0) is 0 Å². The molecule has 8 heavy (non-hydrogen) atoms. The first-order chi connectivity index (χ1) is 3.39. The maximum absolute atomic E-state index is 10.1. The fraction of sp³-hybridized carbons (Fsp3) is 0. The van der Waals surface area contributed by atoms with E-state index in [1.54, 1.807) is 0 Å². The Labute approximate surface area is 89.6 Å². The average Bonchev–Trinajstić information content (AvgIpc) is 1.69. The molecule has 0 unspecified atom stereocenters. The summed E-state index contributed by atoms with van der Waals surface area (Å²) in [7, 11) is 0. The molecule has 0 saturated carbocycles. The summed E-state index contributed by atoms with van der Waals surface area (Å²) in [6.45, 7) is 0. The first kappa shape index (κ1) is 8.52. The van der Waals surface area contributed by atoms with E-state index in [9.17, 15) is 5.11 Å². The van der Waals surface area contributed by atoms with E-state index < -0.39 is 0 Å². The number of hydrogen-bond acceptors (Lipinski definition) is 3. The van der Waals surface area contributed by atoms with Crippen molar-refractivity contribution in [1.29, 1.82) is 0 Å². The zero-order chi connectivity index (χ0) is 5.11. The van der Waals surface area contributed by atoms with Gasteiger partial charge in [-0.3, -0.25) is 0 Å². The Bertz CT molecular complexity index is 144. The molecule has 0 bridgehead atoms. The van der Waals surface area contributed by atoms with E-state index in [-0.39, 0.29) is 57.1 Å². The van der Waals surface area contributed by atoms with Gasteiger partial charge in [0, 0.05) is 12.4 Å². The third kappa shape index (κ3) is 2.73. The zero-order valence-corrected chi connectivity index (χ0v) is 7.66. The van der Waals surface area contributed by atoms with Gasteiger partial charge in [-0.15, -0.1) is 0 Å². The molecule has 0 N–H and O–H groups in total. The fourth-order valence-corrected chi connectivity index (χ4v) is 0.285. The summed E-state index contributed by atoms with van der Waals surface area (Å²) >= 11 is 0. The van der Waals surface area contributed by atoms with Crippen molar-refractivity contribution in [2.75, 3.05) is 0 Å². The van der Waals surface area contributed by atoms with Crippen molar-refractivity contribution in [3.63, 3.8) is 0 Å².